The maximum Gasteiger partial charge on any atom is 0.333 e. The summed E-state index contributed by atoms with van der Waals surface area (Å²) in [6, 6.07) is 0. The number of unbranched alkanes of at least 4 members (excludes halogenated alkanes) is 9. The smallest absolute Gasteiger partial charge is 0.333 e. The van der Waals surface area contributed by atoms with Gasteiger partial charge in [-0.2, -0.15) is 0 Å². The summed E-state index contributed by atoms with van der Waals surface area (Å²) in [5.41, 5.74) is 0.403. The zero-order valence-electron chi connectivity index (χ0n) is 14.2. The van der Waals surface area contributed by atoms with Gasteiger partial charge in [-0.25, -0.2) is 4.79 Å². The molecule has 2 nitrogen and oxygen atoms in total. The average molecular weight is 294 g/mol. The Morgan fingerprint density at radius 3 is 1.86 bits per heavy atom. The summed E-state index contributed by atoms with van der Waals surface area (Å²) >= 11 is 0. The molecule has 21 heavy (non-hydrogen) atoms. The Morgan fingerprint density at radius 1 is 0.952 bits per heavy atom. The van der Waals surface area contributed by atoms with Gasteiger partial charge in [0, 0.05) is 5.57 Å². The van der Waals surface area contributed by atoms with Gasteiger partial charge in [-0.3, -0.25) is 0 Å². The first-order valence-corrected chi connectivity index (χ1v) is 8.98. The lowest BCUT2D eigenvalue weighted by Gasteiger charge is -2.16. The van der Waals surface area contributed by atoms with Crippen molar-refractivity contribution in [3.05, 3.63) is 12.2 Å². The molecular weight excluding hydrogens is 260 g/mol. The lowest BCUT2D eigenvalue weighted by atomic mass is 10.0. The van der Waals surface area contributed by atoms with Crippen LogP contribution in [0.4, 0.5) is 0 Å². The monoisotopic (exact) mass is 294 g/mol. The Labute approximate surface area is 131 Å². The van der Waals surface area contributed by atoms with Crippen LogP contribution in [0.5, 0.6) is 0 Å². The first kappa shape index (κ1) is 18.3. The van der Waals surface area contributed by atoms with E-state index in [0.29, 0.717) is 5.57 Å². The zero-order chi connectivity index (χ0) is 15.6. The highest BCUT2D eigenvalue weighted by Crippen LogP contribution is 2.44. The Hall–Kier alpha value is -0.790. The van der Waals surface area contributed by atoms with Crippen LogP contribution in [0, 0.1) is 0 Å². The molecule has 0 unspecified atom stereocenters. The second-order valence-electron chi connectivity index (χ2n) is 6.78. The predicted molar refractivity (Wildman–Crippen MR) is 89.3 cm³/mol. The first-order valence-electron chi connectivity index (χ1n) is 8.98. The van der Waals surface area contributed by atoms with E-state index in [-0.39, 0.29) is 11.6 Å². The average Bonchev–Trinajstić information content (AvgIpc) is 3.20. The molecule has 1 aliphatic carbocycles. The zero-order valence-corrected chi connectivity index (χ0v) is 14.2. The van der Waals surface area contributed by atoms with Gasteiger partial charge in [-0.05, 0) is 32.6 Å². The van der Waals surface area contributed by atoms with E-state index in [4.69, 9.17) is 4.74 Å². The Morgan fingerprint density at radius 2 is 1.43 bits per heavy atom. The van der Waals surface area contributed by atoms with Crippen LogP contribution < -0.4 is 0 Å². The highest BCUT2D eigenvalue weighted by atomic mass is 16.6. The standard InChI is InChI=1S/C19H34O2/c1-4-5-6-7-8-9-10-11-12-13-14-19(15-16-19)21-18(20)17(2)3/h2,4-16H2,1,3H3. The van der Waals surface area contributed by atoms with E-state index in [1.165, 1.54) is 64.2 Å². The number of carbonyl (C=O) groups excluding carboxylic acids is 1. The first-order chi connectivity index (χ1) is 10.1. The Kier molecular flexibility index (Phi) is 8.72. The Balaban J connectivity index is 1.92. The van der Waals surface area contributed by atoms with Crippen LogP contribution in [0.25, 0.3) is 0 Å². The van der Waals surface area contributed by atoms with Crippen molar-refractivity contribution in [2.75, 3.05) is 0 Å². The molecule has 0 bridgehead atoms. The van der Waals surface area contributed by atoms with Gasteiger partial charge in [-0.1, -0.05) is 71.3 Å². The van der Waals surface area contributed by atoms with Crippen LogP contribution in [0.3, 0.4) is 0 Å². The van der Waals surface area contributed by atoms with Crippen molar-refractivity contribution in [2.24, 2.45) is 0 Å². The minimum absolute atomic E-state index is 0.115. The summed E-state index contributed by atoms with van der Waals surface area (Å²) in [6.45, 7) is 7.63. The van der Waals surface area contributed by atoms with Gasteiger partial charge in [0.1, 0.15) is 5.60 Å². The Bertz CT molecular complexity index is 316. The number of ether oxygens (including phenoxy) is 1. The minimum atomic E-state index is -0.209. The van der Waals surface area contributed by atoms with Crippen LogP contribution in [0.1, 0.15) is 97.3 Å². The van der Waals surface area contributed by atoms with Gasteiger partial charge >= 0.3 is 5.97 Å². The highest BCUT2D eigenvalue weighted by Gasteiger charge is 2.45. The maximum atomic E-state index is 11.6. The van der Waals surface area contributed by atoms with E-state index < -0.39 is 0 Å². The van der Waals surface area contributed by atoms with E-state index in [0.717, 1.165) is 19.3 Å². The molecule has 0 amide bonds. The lowest BCUT2D eigenvalue weighted by Crippen LogP contribution is -2.19. The van der Waals surface area contributed by atoms with Crippen molar-refractivity contribution < 1.29 is 9.53 Å². The third-order valence-electron chi connectivity index (χ3n) is 4.45. The molecule has 1 aliphatic rings. The molecule has 0 radical (unpaired) electrons. The third-order valence-corrected chi connectivity index (χ3v) is 4.45. The van der Waals surface area contributed by atoms with Crippen LogP contribution >= 0.6 is 0 Å². The van der Waals surface area contributed by atoms with Gasteiger partial charge < -0.3 is 4.74 Å². The van der Waals surface area contributed by atoms with Gasteiger partial charge in [0.05, 0.1) is 0 Å². The van der Waals surface area contributed by atoms with Gasteiger partial charge in [0.2, 0.25) is 0 Å². The third kappa shape index (κ3) is 8.28. The van der Waals surface area contributed by atoms with E-state index in [1.54, 1.807) is 6.92 Å². The molecule has 1 saturated carbocycles. The van der Waals surface area contributed by atoms with Crippen LogP contribution in [-0.4, -0.2) is 11.6 Å². The van der Waals surface area contributed by atoms with Gasteiger partial charge in [0.15, 0.2) is 0 Å². The lowest BCUT2D eigenvalue weighted by molar-refractivity contribution is -0.146. The predicted octanol–water partition coefficient (Wildman–Crippen LogP) is 5.95. The van der Waals surface area contributed by atoms with Crippen LogP contribution in [-0.2, 0) is 9.53 Å². The molecular formula is C19H34O2. The molecule has 0 N–H and O–H groups in total. The van der Waals surface area contributed by atoms with Crippen molar-refractivity contribution in [3.63, 3.8) is 0 Å². The van der Waals surface area contributed by atoms with Crippen molar-refractivity contribution in [1.29, 1.82) is 0 Å². The SMILES string of the molecule is C=C(C)C(=O)OC1(CCCCCCCCCCCC)CC1. The van der Waals surface area contributed by atoms with Crippen LogP contribution in [0.15, 0.2) is 12.2 Å². The summed E-state index contributed by atoms with van der Waals surface area (Å²) in [6.07, 6.45) is 16.6. The van der Waals surface area contributed by atoms with Gasteiger partial charge in [-0.15, -0.1) is 0 Å². The fraction of sp³-hybridized carbons (Fsp3) is 0.842. The molecule has 0 heterocycles. The number of esters is 1. The molecule has 0 aromatic heterocycles. The molecule has 0 aliphatic heterocycles. The maximum absolute atomic E-state index is 11.6. The fourth-order valence-corrected chi connectivity index (χ4v) is 2.76. The van der Waals surface area contributed by atoms with Crippen molar-refractivity contribution in [3.8, 4) is 0 Å². The molecule has 0 spiro atoms. The van der Waals surface area contributed by atoms with E-state index in [9.17, 15) is 4.79 Å². The summed E-state index contributed by atoms with van der Waals surface area (Å²) in [7, 11) is 0. The molecule has 0 aromatic rings. The largest absolute Gasteiger partial charge is 0.456 e. The van der Waals surface area contributed by atoms with Crippen molar-refractivity contribution >= 4 is 5.97 Å². The van der Waals surface area contributed by atoms with Crippen molar-refractivity contribution in [2.45, 2.75) is 103 Å². The number of hydrogen-bond acceptors (Lipinski definition) is 2. The fourth-order valence-electron chi connectivity index (χ4n) is 2.76. The number of rotatable bonds is 13. The van der Waals surface area contributed by atoms with Crippen molar-refractivity contribution in [1.82, 2.24) is 0 Å². The van der Waals surface area contributed by atoms with E-state index in [2.05, 4.69) is 13.5 Å². The number of carbonyl (C=O) groups is 1. The normalized spacial score (nSPS) is 15.7. The highest BCUT2D eigenvalue weighted by molar-refractivity contribution is 5.87. The van der Waals surface area contributed by atoms with E-state index in [1.807, 2.05) is 0 Å². The van der Waals surface area contributed by atoms with Crippen LogP contribution in [0.2, 0.25) is 0 Å². The molecule has 1 rings (SSSR count). The summed E-state index contributed by atoms with van der Waals surface area (Å²) in [4.78, 5) is 11.6. The van der Waals surface area contributed by atoms with Gasteiger partial charge in [0.25, 0.3) is 0 Å². The minimum Gasteiger partial charge on any atom is -0.456 e. The summed E-state index contributed by atoms with van der Waals surface area (Å²) in [5, 5.41) is 0. The molecule has 0 atom stereocenters. The molecule has 0 aromatic carbocycles. The topological polar surface area (TPSA) is 26.3 Å². The molecule has 0 saturated heterocycles. The summed E-state index contributed by atoms with van der Waals surface area (Å²) < 4.78 is 5.55. The molecule has 2 heteroatoms. The quantitative estimate of drug-likeness (QED) is 0.238. The second kappa shape index (κ2) is 10.0. The molecule has 122 valence electrons. The number of hydrogen-bond donors (Lipinski definition) is 0. The second-order valence-corrected chi connectivity index (χ2v) is 6.78. The summed E-state index contributed by atoms with van der Waals surface area (Å²) in [5.74, 6) is -0.209. The van der Waals surface area contributed by atoms with E-state index >= 15 is 0 Å². The molecule has 1 fully saturated rings.